The maximum Gasteiger partial charge on any atom is 0.230 e. The summed E-state index contributed by atoms with van der Waals surface area (Å²) in [5, 5.41) is 2.21. The van der Waals surface area contributed by atoms with Crippen LogP contribution < -0.4 is 10.5 Å². The van der Waals surface area contributed by atoms with Crippen LogP contribution in [0.4, 0.5) is 0 Å². The van der Waals surface area contributed by atoms with Gasteiger partial charge in [0.1, 0.15) is 5.75 Å². The molecule has 0 saturated carbocycles. The standard InChI is InChI=1S/C25H34N2O2/c1-5-6-7-8-9-10-19(2)27(16-15-26)25(28)20(3)21-11-12-23-18-24(29-4)14-13-22(23)17-21/h5-6,8-9,11-14,17-20H,7,10,15-16,26H2,1-4H3/b6-5-,9-8-/t19?,20-/m0/s1. The lowest BCUT2D eigenvalue weighted by Crippen LogP contribution is -2.43. The third kappa shape index (κ3) is 6.20. The molecule has 2 aromatic rings. The van der Waals surface area contributed by atoms with E-state index in [1.54, 1.807) is 7.11 Å². The van der Waals surface area contributed by atoms with E-state index in [1.165, 1.54) is 0 Å². The highest BCUT2D eigenvalue weighted by Gasteiger charge is 2.25. The van der Waals surface area contributed by atoms with E-state index in [9.17, 15) is 4.79 Å². The SMILES string of the molecule is C/C=C\C/C=C\CC(C)N(CCN)C(=O)[C@@H](C)c1ccc2cc(OC)ccc2c1. The first kappa shape index (κ1) is 22.7. The molecule has 0 aromatic heterocycles. The second-order valence-electron chi connectivity index (χ2n) is 7.38. The van der Waals surface area contributed by atoms with Crippen LogP contribution in [0.15, 0.2) is 60.7 Å². The Labute approximate surface area is 175 Å². The van der Waals surface area contributed by atoms with Gasteiger partial charge in [0.25, 0.3) is 0 Å². The molecule has 2 atom stereocenters. The fourth-order valence-electron chi connectivity index (χ4n) is 3.45. The molecule has 0 radical (unpaired) electrons. The number of methoxy groups -OCH3 is 1. The molecule has 4 heteroatoms. The lowest BCUT2D eigenvalue weighted by molar-refractivity contribution is -0.134. The predicted molar refractivity (Wildman–Crippen MR) is 122 cm³/mol. The van der Waals surface area contributed by atoms with Crippen LogP contribution in [-0.2, 0) is 4.79 Å². The second-order valence-corrected chi connectivity index (χ2v) is 7.38. The highest BCUT2D eigenvalue weighted by Crippen LogP contribution is 2.26. The average molecular weight is 395 g/mol. The van der Waals surface area contributed by atoms with E-state index in [0.29, 0.717) is 13.1 Å². The predicted octanol–water partition coefficient (Wildman–Crippen LogP) is 5.04. The largest absolute Gasteiger partial charge is 0.497 e. The van der Waals surface area contributed by atoms with Gasteiger partial charge >= 0.3 is 0 Å². The topological polar surface area (TPSA) is 55.6 Å². The van der Waals surface area contributed by atoms with Gasteiger partial charge in [-0.15, -0.1) is 0 Å². The highest BCUT2D eigenvalue weighted by atomic mass is 16.5. The van der Waals surface area contributed by atoms with E-state index >= 15 is 0 Å². The van der Waals surface area contributed by atoms with E-state index in [4.69, 9.17) is 10.5 Å². The molecular weight excluding hydrogens is 360 g/mol. The molecule has 29 heavy (non-hydrogen) atoms. The number of hydrogen-bond acceptors (Lipinski definition) is 3. The van der Waals surface area contributed by atoms with Crippen LogP contribution in [0.25, 0.3) is 10.8 Å². The van der Waals surface area contributed by atoms with Crippen LogP contribution in [0.3, 0.4) is 0 Å². The molecule has 0 spiro atoms. The molecule has 1 amide bonds. The summed E-state index contributed by atoms with van der Waals surface area (Å²) < 4.78 is 5.29. The van der Waals surface area contributed by atoms with E-state index in [1.807, 2.05) is 49.1 Å². The van der Waals surface area contributed by atoms with Crippen LogP contribution in [-0.4, -0.2) is 37.0 Å². The first-order chi connectivity index (χ1) is 14.0. The van der Waals surface area contributed by atoms with Crippen LogP contribution >= 0.6 is 0 Å². The van der Waals surface area contributed by atoms with Crippen LogP contribution in [0, 0.1) is 0 Å². The second kappa shape index (κ2) is 11.4. The molecule has 0 heterocycles. The zero-order chi connectivity index (χ0) is 21.2. The number of amides is 1. The van der Waals surface area contributed by atoms with E-state index in [0.717, 1.165) is 34.9 Å². The quantitative estimate of drug-likeness (QED) is 0.574. The average Bonchev–Trinajstić information content (AvgIpc) is 2.75. The van der Waals surface area contributed by atoms with Gasteiger partial charge in [-0.05, 0) is 62.1 Å². The Morgan fingerprint density at radius 2 is 1.83 bits per heavy atom. The minimum atomic E-state index is -0.220. The maximum atomic E-state index is 13.3. The molecule has 2 rings (SSSR count). The molecule has 2 N–H and O–H groups in total. The molecule has 2 aromatic carbocycles. The van der Waals surface area contributed by atoms with Gasteiger partial charge in [-0.2, -0.15) is 0 Å². The summed E-state index contributed by atoms with van der Waals surface area (Å²) in [6.45, 7) is 7.11. The van der Waals surface area contributed by atoms with Gasteiger partial charge in [0.05, 0.1) is 13.0 Å². The molecule has 0 bridgehead atoms. The number of allylic oxidation sites excluding steroid dienone is 3. The Morgan fingerprint density at radius 3 is 2.52 bits per heavy atom. The van der Waals surface area contributed by atoms with Crippen molar-refractivity contribution in [1.82, 2.24) is 4.90 Å². The fraction of sp³-hybridized carbons (Fsp3) is 0.400. The first-order valence-corrected chi connectivity index (χ1v) is 10.4. The number of nitrogens with zero attached hydrogens (tertiary/aromatic N) is 1. The zero-order valence-corrected chi connectivity index (χ0v) is 18.1. The Balaban J connectivity index is 2.15. The van der Waals surface area contributed by atoms with Gasteiger partial charge in [0, 0.05) is 19.1 Å². The van der Waals surface area contributed by atoms with Crippen molar-refractivity contribution >= 4 is 16.7 Å². The molecule has 0 fully saturated rings. The lowest BCUT2D eigenvalue weighted by atomic mass is 9.95. The summed E-state index contributed by atoms with van der Waals surface area (Å²) in [5.74, 6) is 0.736. The summed E-state index contributed by atoms with van der Waals surface area (Å²) >= 11 is 0. The van der Waals surface area contributed by atoms with Crippen molar-refractivity contribution < 1.29 is 9.53 Å². The molecular formula is C25H34N2O2. The molecule has 0 aliphatic rings. The van der Waals surface area contributed by atoms with Gasteiger partial charge in [0.15, 0.2) is 0 Å². The maximum absolute atomic E-state index is 13.3. The number of carbonyl (C=O) groups is 1. The van der Waals surface area contributed by atoms with E-state index in [2.05, 4.69) is 37.3 Å². The monoisotopic (exact) mass is 394 g/mol. The van der Waals surface area contributed by atoms with Crippen molar-refractivity contribution in [2.75, 3.05) is 20.2 Å². The van der Waals surface area contributed by atoms with Crippen molar-refractivity contribution in [2.45, 2.75) is 45.6 Å². The Kier molecular flexibility index (Phi) is 8.94. The summed E-state index contributed by atoms with van der Waals surface area (Å²) in [5.41, 5.74) is 6.83. The van der Waals surface area contributed by atoms with Gasteiger partial charge in [-0.3, -0.25) is 4.79 Å². The molecule has 0 aliphatic heterocycles. The van der Waals surface area contributed by atoms with Gasteiger partial charge < -0.3 is 15.4 Å². The molecule has 1 unspecified atom stereocenters. The third-order valence-corrected chi connectivity index (χ3v) is 5.28. The number of nitrogens with two attached hydrogens (primary N) is 1. The van der Waals surface area contributed by atoms with E-state index in [-0.39, 0.29) is 17.9 Å². The Hall–Kier alpha value is -2.59. The minimum absolute atomic E-state index is 0.111. The minimum Gasteiger partial charge on any atom is -0.497 e. The van der Waals surface area contributed by atoms with Crippen molar-refractivity contribution in [3.63, 3.8) is 0 Å². The normalized spacial score (nSPS) is 13.8. The number of carbonyl (C=O) groups excluding carboxylic acids is 1. The fourth-order valence-corrected chi connectivity index (χ4v) is 3.45. The van der Waals surface area contributed by atoms with E-state index < -0.39 is 0 Å². The van der Waals surface area contributed by atoms with Crippen molar-refractivity contribution in [2.24, 2.45) is 5.73 Å². The summed E-state index contributed by atoms with van der Waals surface area (Å²) in [4.78, 5) is 15.2. The van der Waals surface area contributed by atoms with Crippen LogP contribution in [0.1, 0.15) is 45.1 Å². The summed E-state index contributed by atoms with van der Waals surface area (Å²) in [7, 11) is 1.67. The third-order valence-electron chi connectivity index (χ3n) is 5.28. The first-order valence-electron chi connectivity index (χ1n) is 10.4. The molecule has 0 saturated heterocycles. The van der Waals surface area contributed by atoms with Crippen molar-refractivity contribution in [3.8, 4) is 5.75 Å². The number of hydrogen-bond donors (Lipinski definition) is 1. The zero-order valence-electron chi connectivity index (χ0n) is 18.1. The smallest absolute Gasteiger partial charge is 0.230 e. The Bertz CT molecular complexity index is 857. The summed E-state index contributed by atoms with van der Waals surface area (Å²) in [6.07, 6.45) is 10.2. The lowest BCUT2D eigenvalue weighted by Gasteiger charge is -2.31. The Morgan fingerprint density at radius 1 is 1.10 bits per heavy atom. The van der Waals surface area contributed by atoms with Crippen molar-refractivity contribution in [1.29, 1.82) is 0 Å². The van der Waals surface area contributed by atoms with Crippen molar-refractivity contribution in [3.05, 3.63) is 66.3 Å². The number of benzene rings is 2. The molecule has 156 valence electrons. The number of ether oxygens (including phenoxy) is 1. The highest BCUT2D eigenvalue weighted by molar-refractivity contribution is 5.88. The van der Waals surface area contributed by atoms with Crippen LogP contribution in [0.5, 0.6) is 5.75 Å². The van der Waals surface area contributed by atoms with Crippen LogP contribution in [0.2, 0.25) is 0 Å². The summed E-state index contributed by atoms with van der Waals surface area (Å²) in [6, 6.07) is 12.3. The molecule has 4 nitrogen and oxygen atoms in total. The van der Waals surface area contributed by atoms with Gasteiger partial charge in [-0.25, -0.2) is 0 Å². The van der Waals surface area contributed by atoms with Gasteiger partial charge in [0.2, 0.25) is 5.91 Å². The number of fused-ring (bicyclic) bond motifs is 1. The number of rotatable bonds is 10. The van der Waals surface area contributed by atoms with Gasteiger partial charge in [-0.1, -0.05) is 48.6 Å². The molecule has 0 aliphatic carbocycles.